The Bertz CT molecular complexity index is 1400. The minimum Gasteiger partial charge on any atom is -0.493 e. The van der Waals surface area contributed by atoms with Crippen LogP contribution in [0.3, 0.4) is 0 Å². The zero-order valence-corrected chi connectivity index (χ0v) is 21.1. The number of hydrogen-bond acceptors (Lipinski definition) is 6. The van der Waals surface area contributed by atoms with Crippen LogP contribution in [0.4, 0.5) is 0 Å². The fourth-order valence-electron chi connectivity index (χ4n) is 4.63. The number of aromatic nitrogens is 2. The van der Waals surface area contributed by atoms with Gasteiger partial charge in [-0.25, -0.2) is 9.36 Å². The van der Waals surface area contributed by atoms with Gasteiger partial charge < -0.3 is 19.3 Å². The second kappa shape index (κ2) is 10.8. The molecule has 1 fully saturated rings. The molecular weight excluding hydrogens is 470 g/mol. The van der Waals surface area contributed by atoms with Crippen LogP contribution in [0.1, 0.15) is 18.5 Å². The molecule has 8 nitrogen and oxygen atoms in total. The molecule has 8 heteroatoms. The normalized spacial score (nSPS) is 13.6. The molecule has 1 aromatic heterocycles. The predicted molar refractivity (Wildman–Crippen MR) is 142 cm³/mol. The number of hydrogen-bond donors (Lipinski definition) is 1. The van der Waals surface area contributed by atoms with Crippen LogP contribution in [0.5, 0.6) is 28.9 Å². The van der Waals surface area contributed by atoms with Gasteiger partial charge in [0.05, 0.1) is 24.2 Å². The monoisotopic (exact) mass is 501 g/mol. The number of para-hydroxylation sites is 1. The second-order valence-electron chi connectivity index (χ2n) is 9.00. The summed E-state index contributed by atoms with van der Waals surface area (Å²) < 4.78 is 20.1. The third-order valence-corrected chi connectivity index (χ3v) is 6.60. The van der Waals surface area contributed by atoms with Gasteiger partial charge in [-0.2, -0.15) is 0 Å². The number of imidazole rings is 1. The summed E-state index contributed by atoms with van der Waals surface area (Å²) in [4.78, 5) is 15.8. The molecule has 0 spiro atoms. The first-order valence-electron chi connectivity index (χ1n) is 12.5. The minimum atomic E-state index is -0.392. The molecule has 0 aliphatic carbocycles. The highest BCUT2D eigenvalue weighted by Crippen LogP contribution is 2.31. The molecule has 1 aliphatic heterocycles. The molecule has 1 aliphatic rings. The summed E-state index contributed by atoms with van der Waals surface area (Å²) in [6, 6.07) is 21.8. The zero-order valence-electron chi connectivity index (χ0n) is 21.1. The number of likely N-dealkylation sites (tertiary alicyclic amines) is 1. The number of aromatic hydroxyl groups is 1. The van der Waals surface area contributed by atoms with E-state index in [-0.39, 0.29) is 5.88 Å². The first kappa shape index (κ1) is 24.5. The van der Waals surface area contributed by atoms with Gasteiger partial charge in [0, 0.05) is 12.6 Å². The van der Waals surface area contributed by atoms with Crippen molar-refractivity contribution >= 4 is 0 Å². The highest BCUT2D eigenvalue weighted by atomic mass is 16.5. The van der Waals surface area contributed by atoms with E-state index >= 15 is 0 Å². The Kier molecular flexibility index (Phi) is 7.18. The maximum Gasteiger partial charge on any atom is 0.340 e. The number of nitrogens with zero attached hydrogens (tertiary/aromatic N) is 3. The summed E-state index contributed by atoms with van der Waals surface area (Å²) in [7, 11) is 1.57. The van der Waals surface area contributed by atoms with Gasteiger partial charge in [-0.3, -0.25) is 9.47 Å². The summed E-state index contributed by atoms with van der Waals surface area (Å²) in [5, 5.41) is 10.9. The van der Waals surface area contributed by atoms with E-state index in [1.54, 1.807) is 56.5 Å². The van der Waals surface area contributed by atoms with E-state index in [1.807, 2.05) is 30.3 Å². The van der Waals surface area contributed by atoms with Crippen molar-refractivity contribution in [2.75, 3.05) is 33.4 Å². The average Bonchev–Trinajstić information content (AvgIpc) is 3.51. The summed E-state index contributed by atoms with van der Waals surface area (Å²) in [5.74, 6) is 2.36. The molecule has 5 rings (SSSR count). The Hall–Kier alpha value is -4.17. The summed E-state index contributed by atoms with van der Waals surface area (Å²) in [6.45, 7) is 5.37. The smallest absolute Gasteiger partial charge is 0.340 e. The number of methoxy groups -OCH3 is 1. The predicted octanol–water partition coefficient (Wildman–Crippen LogP) is 4.92. The lowest BCUT2D eigenvalue weighted by atomic mass is 10.2. The van der Waals surface area contributed by atoms with Crippen LogP contribution in [-0.4, -0.2) is 52.5 Å². The third-order valence-electron chi connectivity index (χ3n) is 6.60. The van der Waals surface area contributed by atoms with Crippen molar-refractivity contribution in [3.05, 3.63) is 89.0 Å². The van der Waals surface area contributed by atoms with Crippen molar-refractivity contribution in [1.29, 1.82) is 0 Å². The Morgan fingerprint density at radius 2 is 1.51 bits per heavy atom. The van der Waals surface area contributed by atoms with Crippen LogP contribution >= 0.6 is 0 Å². The van der Waals surface area contributed by atoms with Crippen LogP contribution in [0.2, 0.25) is 0 Å². The largest absolute Gasteiger partial charge is 0.493 e. The lowest BCUT2D eigenvalue weighted by Crippen LogP contribution is -2.25. The first-order chi connectivity index (χ1) is 18.0. The third kappa shape index (κ3) is 5.20. The van der Waals surface area contributed by atoms with Gasteiger partial charge in [0.15, 0.2) is 11.5 Å². The van der Waals surface area contributed by atoms with Crippen molar-refractivity contribution < 1.29 is 19.3 Å². The molecule has 0 saturated carbocycles. The van der Waals surface area contributed by atoms with E-state index in [0.29, 0.717) is 40.9 Å². The van der Waals surface area contributed by atoms with Crippen molar-refractivity contribution in [2.24, 2.45) is 0 Å². The molecule has 4 aromatic rings. The Balaban J connectivity index is 1.38. The fraction of sp³-hybridized carbons (Fsp3) is 0.276. The van der Waals surface area contributed by atoms with Crippen LogP contribution in [0.15, 0.2) is 77.6 Å². The van der Waals surface area contributed by atoms with Crippen molar-refractivity contribution in [3.8, 4) is 40.3 Å². The lowest BCUT2D eigenvalue weighted by Gasteiger charge is -2.16. The van der Waals surface area contributed by atoms with E-state index in [0.717, 1.165) is 25.4 Å². The van der Waals surface area contributed by atoms with Crippen molar-refractivity contribution in [2.45, 2.75) is 19.8 Å². The maximum absolute atomic E-state index is 13.4. The Labute approximate surface area is 215 Å². The van der Waals surface area contributed by atoms with Crippen LogP contribution in [-0.2, 0) is 0 Å². The Morgan fingerprint density at radius 3 is 2.22 bits per heavy atom. The SMILES string of the molecule is COc1cc(-n2c(C)c(O)n(-c3ccc(Oc4ccccc4)cc3)c2=O)ccc1OCCN1CCCC1. The maximum atomic E-state index is 13.4. The fourth-order valence-corrected chi connectivity index (χ4v) is 4.63. The van der Waals surface area contributed by atoms with Crippen molar-refractivity contribution in [3.63, 3.8) is 0 Å². The van der Waals surface area contributed by atoms with Crippen LogP contribution in [0.25, 0.3) is 11.4 Å². The summed E-state index contributed by atoms with van der Waals surface area (Å²) >= 11 is 0. The lowest BCUT2D eigenvalue weighted by molar-refractivity contribution is 0.230. The van der Waals surface area contributed by atoms with Crippen molar-refractivity contribution in [1.82, 2.24) is 14.0 Å². The molecule has 1 N–H and O–H groups in total. The van der Waals surface area contributed by atoms with E-state index < -0.39 is 5.69 Å². The van der Waals surface area contributed by atoms with Gasteiger partial charge >= 0.3 is 5.69 Å². The number of rotatable bonds is 9. The molecule has 0 radical (unpaired) electrons. The zero-order chi connectivity index (χ0) is 25.8. The van der Waals surface area contributed by atoms with E-state index in [4.69, 9.17) is 14.2 Å². The van der Waals surface area contributed by atoms with E-state index in [9.17, 15) is 9.90 Å². The van der Waals surface area contributed by atoms with E-state index in [1.165, 1.54) is 22.0 Å². The minimum absolute atomic E-state index is 0.133. The molecule has 0 atom stereocenters. The summed E-state index contributed by atoms with van der Waals surface area (Å²) in [6.07, 6.45) is 2.48. The molecule has 0 amide bonds. The quantitative estimate of drug-likeness (QED) is 0.351. The molecule has 1 saturated heterocycles. The highest BCUT2D eigenvalue weighted by Gasteiger charge is 2.20. The molecule has 192 valence electrons. The first-order valence-corrected chi connectivity index (χ1v) is 12.5. The van der Waals surface area contributed by atoms with E-state index in [2.05, 4.69) is 4.90 Å². The topological polar surface area (TPSA) is 78.1 Å². The molecule has 3 aromatic carbocycles. The number of benzene rings is 3. The van der Waals surface area contributed by atoms with Crippen LogP contribution in [0, 0.1) is 6.92 Å². The van der Waals surface area contributed by atoms with Gasteiger partial charge in [0.25, 0.3) is 0 Å². The molecular formula is C29H31N3O5. The van der Waals surface area contributed by atoms with Gasteiger partial charge in [-0.1, -0.05) is 18.2 Å². The number of ether oxygens (including phenoxy) is 3. The molecule has 0 bridgehead atoms. The van der Waals surface area contributed by atoms with Gasteiger partial charge in [-0.05, 0) is 81.4 Å². The molecule has 2 heterocycles. The standard InChI is InChI=1S/C29H31N3O5/c1-21-28(33)32(22-10-13-25(14-11-22)37-24-8-4-3-5-9-24)29(34)31(21)23-12-15-26(27(20-23)35-2)36-19-18-30-16-6-7-17-30/h3-5,8-15,20,33H,6-7,16-19H2,1-2H3. The van der Waals surface area contributed by atoms with Gasteiger partial charge in [-0.15, -0.1) is 0 Å². The second-order valence-corrected chi connectivity index (χ2v) is 9.00. The van der Waals surface area contributed by atoms with Gasteiger partial charge in [0.2, 0.25) is 5.88 Å². The summed E-state index contributed by atoms with van der Waals surface area (Å²) in [5.41, 5.74) is 1.12. The molecule has 37 heavy (non-hydrogen) atoms. The van der Waals surface area contributed by atoms with Gasteiger partial charge in [0.1, 0.15) is 18.1 Å². The average molecular weight is 502 g/mol. The Morgan fingerprint density at radius 1 is 0.838 bits per heavy atom. The van der Waals surface area contributed by atoms with Crippen LogP contribution < -0.4 is 19.9 Å². The molecule has 0 unspecified atom stereocenters. The highest BCUT2D eigenvalue weighted by molar-refractivity contribution is 5.51.